The van der Waals surface area contributed by atoms with Crippen molar-refractivity contribution in [1.29, 1.82) is 0 Å². The molecule has 1 aromatic heterocycles. The summed E-state index contributed by atoms with van der Waals surface area (Å²) < 4.78 is 37.8. The van der Waals surface area contributed by atoms with Crippen LogP contribution in [0, 0.1) is 5.82 Å². The molecule has 23 heavy (non-hydrogen) atoms. The van der Waals surface area contributed by atoms with Gasteiger partial charge in [-0.2, -0.15) is 0 Å². The Morgan fingerprint density at radius 2 is 1.70 bits per heavy atom. The van der Waals surface area contributed by atoms with Crippen LogP contribution in [-0.4, -0.2) is 35.4 Å². The van der Waals surface area contributed by atoms with E-state index < -0.39 is 38.2 Å². The summed E-state index contributed by atoms with van der Waals surface area (Å²) in [6.07, 6.45) is 1.57. The first-order chi connectivity index (χ1) is 10.7. The number of aliphatic hydroxyl groups excluding tert-OH is 1. The first-order valence-electron chi connectivity index (χ1n) is 6.10. The summed E-state index contributed by atoms with van der Waals surface area (Å²) in [5.74, 6) is -4.58. The quantitative estimate of drug-likeness (QED) is 0.329. The Morgan fingerprint density at radius 1 is 1.09 bits per heavy atom. The van der Waals surface area contributed by atoms with Crippen molar-refractivity contribution >= 4 is 21.6 Å². The minimum Gasteiger partial charge on any atom is -0.502 e. The molecule has 0 unspecified atom stereocenters. The molecule has 0 aliphatic carbocycles. The maximum Gasteiger partial charge on any atom is 0.371 e. The standard InChI is InChI=1S/C14H10FNO6S/c15-8-1-3-9(4-2-8)23(21,22)13-10(5-6-16-13)11(17)7-12(18)14(19)20/h1-7,16,18H,(H,19,20)/b12-7-. The van der Waals surface area contributed by atoms with Gasteiger partial charge in [-0.15, -0.1) is 0 Å². The summed E-state index contributed by atoms with van der Waals surface area (Å²) >= 11 is 0. The first kappa shape index (κ1) is 16.4. The Balaban J connectivity index is 2.49. The topological polar surface area (TPSA) is 125 Å². The van der Waals surface area contributed by atoms with Gasteiger partial charge < -0.3 is 15.2 Å². The fourth-order valence-corrected chi connectivity index (χ4v) is 3.18. The third-order valence-electron chi connectivity index (χ3n) is 2.85. The molecule has 2 aromatic rings. The lowest BCUT2D eigenvalue weighted by Gasteiger charge is -2.04. The van der Waals surface area contributed by atoms with Crippen molar-refractivity contribution in [1.82, 2.24) is 4.98 Å². The van der Waals surface area contributed by atoms with Gasteiger partial charge in [0.25, 0.3) is 0 Å². The van der Waals surface area contributed by atoms with Crippen molar-refractivity contribution in [2.24, 2.45) is 0 Å². The predicted octanol–water partition coefficient (Wildman–Crippen LogP) is 1.70. The number of aliphatic hydroxyl groups is 1. The Hall–Kier alpha value is -2.94. The number of hydrogen-bond donors (Lipinski definition) is 3. The molecule has 7 nitrogen and oxygen atoms in total. The molecule has 0 atom stereocenters. The zero-order valence-electron chi connectivity index (χ0n) is 11.4. The number of hydrogen-bond acceptors (Lipinski definition) is 5. The third kappa shape index (κ3) is 3.29. The lowest BCUT2D eigenvalue weighted by atomic mass is 10.2. The molecule has 0 saturated carbocycles. The van der Waals surface area contributed by atoms with E-state index in [1.165, 1.54) is 6.20 Å². The van der Waals surface area contributed by atoms with Crippen molar-refractivity contribution in [2.75, 3.05) is 0 Å². The SMILES string of the molecule is O=C(O)/C(O)=C/C(=O)c1cc[nH]c1S(=O)(=O)c1ccc(F)cc1. The van der Waals surface area contributed by atoms with E-state index in [-0.39, 0.29) is 10.5 Å². The molecule has 120 valence electrons. The minimum absolute atomic E-state index is 0.248. The number of halogens is 1. The summed E-state index contributed by atoms with van der Waals surface area (Å²) in [4.78, 5) is 24.6. The molecule has 9 heteroatoms. The number of aromatic amines is 1. The maximum atomic E-state index is 12.9. The number of carbonyl (C=O) groups excluding carboxylic acids is 1. The number of allylic oxidation sites excluding steroid dienone is 1. The molecule has 0 spiro atoms. The molecule has 0 amide bonds. The van der Waals surface area contributed by atoms with Crippen molar-refractivity contribution in [3.63, 3.8) is 0 Å². The molecule has 0 saturated heterocycles. The van der Waals surface area contributed by atoms with E-state index >= 15 is 0 Å². The van der Waals surface area contributed by atoms with Gasteiger partial charge in [-0.25, -0.2) is 17.6 Å². The van der Waals surface area contributed by atoms with Crippen LogP contribution in [0.15, 0.2) is 58.3 Å². The van der Waals surface area contributed by atoms with E-state index in [1.807, 2.05) is 0 Å². The second-order valence-corrected chi connectivity index (χ2v) is 6.26. The molecule has 0 bridgehead atoms. The molecule has 1 aromatic carbocycles. The van der Waals surface area contributed by atoms with Crippen LogP contribution in [-0.2, 0) is 14.6 Å². The Labute approximate surface area is 129 Å². The van der Waals surface area contributed by atoms with E-state index in [0.717, 1.165) is 30.3 Å². The molecule has 0 aliphatic heterocycles. The fraction of sp³-hybridized carbons (Fsp3) is 0. The summed E-state index contributed by atoms with van der Waals surface area (Å²) in [7, 11) is -4.15. The van der Waals surface area contributed by atoms with Crippen molar-refractivity contribution in [3.05, 3.63) is 59.7 Å². The molecule has 0 radical (unpaired) electrons. The number of H-pyrrole nitrogens is 1. The number of sulfone groups is 1. The van der Waals surface area contributed by atoms with Crippen molar-refractivity contribution in [2.45, 2.75) is 9.92 Å². The number of nitrogens with one attached hydrogen (secondary N) is 1. The van der Waals surface area contributed by atoms with Gasteiger partial charge in [0.1, 0.15) is 10.8 Å². The zero-order chi connectivity index (χ0) is 17.2. The van der Waals surface area contributed by atoms with Gasteiger partial charge in [0.05, 0.1) is 10.5 Å². The maximum absolute atomic E-state index is 12.9. The van der Waals surface area contributed by atoms with Gasteiger partial charge in [0, 0.05) is 12.3 Å². The summed E-state index contributed by atoms with van der Waals surface area (Å²) in [5, 5.41) is 17.1. The van der Waals surface area contributed by atoms with Crippen LogP contribution in [0.1, 0.15) is 10.4 Å². The Kier molecular flexibility index (Phi) is 4.32. The van der Waals surface area contributed by atoms with Crippen LogP contribution >= 0.6 is 0 Å². The Bertz CT molecular complexity index is 896. The van der Waals surface area contributed by atoms with Gasteiger partial charge in [0.2, 0.25) is 15.6 Å². The highest BCUT2D eigenvalue weighted by molar-refractivity contribution is 7.91. The zero-order valence-corrected chi connectivity index (χ0v) is 12.2. The van der Waals surface area contributed by atoms with Gasteiger partial charge in [-0.3, -0.25) is 4.79 Å². The number of rotatable bonds is 5. The van der Waals surface area contributed by atoms with E-state index in [9.17, 15) is 22.4 Å². The molecule has 2 rings (SSSR count). The van der Waals surface area contributed by atoms with E-state index in [2.05, 4.69) is 4.98 Å². The van der Waals surface area contributed by atoms with Crippen LogP contribution in [0.25, 0.3) is 0 Å². The number of carboxylic acid groups (broad SMARTS) is 1. The monoisotopic (exact) mass is 339 g/mol. The fourth-order valence-electron chi connectivity index (χ4n) is 1.77. The molecule has 0 fully saturated rings. The summed E-state index contributed by atoms with van der Waals surface area (Å²) in [6, 6.07) is 5.10. The van der Waals surface area contributed by atoms with Gasteiger partial charge >= 0.3 is 5.97 Å². The summed E-state index contributed by atoms with van der Waals surface area (Å²) in [5.41, 5.74) is -0.345. The molecule has 1 heterocycles. The van der Waals surface area contributed by atoms with Crippen LogP contribution in [0.2, 0.25) is 0 Å². The van der Waals surface area contributed by atoms with E-state index in [1.54, 1.807) is 0 Å². The molecule has 3 N–H and O–H groups in total. The summed E-state index contributed by atoms with van der Waals surface area (Å²) in [6.45, 7) is 0. The highest BCUT2D eigenvalue weighted by Gasteiger charge is 2.25. The number of aromatic nitrogens is 1. The van der Waals surface area contributed by atoms with Crippen LogP contribution < -0.4 is 0 Å². The number of aliphatic carboxylic acids is 1. The third-order valence-corrected chi connectivity index (χ3v) is 4.62. The molecular formula is C14H10FNO6S. The second kappa shape index (κ2) is 6.05. The lowest BCUT2D eigenvalue weighted by molar-refractivity contribution is -0.135. The highest BCUT2D eigenvalue weighted by Crippen LogP contribution is 2.23. The van der Waals surface area contributed by atoms with Gasteiger partial charge in [-0.1, -0.05) is 0 Å². The normalized spacial score (nSPS) is 12.1. The average molecular weight is 339 g/mol. The predicted molar refractivity (Wildman–Crippen MR) is 75.3 cm³/mol. The number of ketones is 1. The van der Waals surface area contributed by atoms with Crippen LogP contribution in [0.4, 0.5) is 4.39 Å². The molecular weight excluding hydrogens is 329 g/mol. The van der Waals surface area contributed by atoms with Gasteiger partial charge in [-0.05, 0) is 30.3 Å². The number of benzene rings is 1. The van der Waals surface area contributed by atoms with E-state index in [0.29, 0.717) is 6.08 Å². The largest absolute Gasteiger partial charge is 0.502 e. The lowest BCUT2D eigenvalue weighted by Crippen LogP contribution is -2.09. The Morgan fingerprint density at radius 3 is 2.26 bits per heavy atom. The first-order valence-corrected chi connectivity index (χ1v) is 7.58. The van der Waals surface area contributed by atoms with Crippen molar-refractivity contribution in [3.8, 4) is 0 Å². The number of carboxylic acids is 1. The van der Waals surface area contributed by atoms with Gasteiger partial charge in [0.15, 0.2) is 5.78 Å². The van der Waals surface area contributed by atoms with E-state index in [4.69, 9.17) is 10.2 Å². The average Bonchev–Trinajstić information content (AvgIpc) is 2.97. The molecule has 0 aliphatic rings. The van der Waals surface area contributed by atoms with Crippen LogP contribution in [0.5, 0.6) is 0 Å². The minimum atomic E-state index is -4.15. The number of carbonyl (C=O) groups is 2. The smallest absolute Gasteiger partial charge is 0.371 e. The second-order valence-electron chi connectivity index (χ2n) is 4.38. The van der Waals surface area contributed by atoms with Crippen LogP contribution in [0.3, 0.4) is 0 Å². The highest BCUT2D eigenvalue weighted by atomic mass is 32.2. The van der Waals surface area contributed by atoms with Crippen molar-refractivity contribution < 1.29 is 32.6 Å².